The molecule has 0 aliphatic carbocycles. The van der Waals surface area contributed by atoms with Gasteiger partial charge in [-0.05, 0) is 28.7 Å². The second kappa shape index (κ2) is 5.54. The van der Waals surface area contributed by atoms with Crippen molar-refractivity contribution < 1.29 is 0 Å². The second-order valence-electron chi connectivity index (χ2n) is 5.19. The molecule has 0 radical (unpaired) electrons. The molecule has 2 aromatic rings. The summed E-state index contributed by atoms with van der Waals surface area (Å²) in [4.78, 5) is 10.3. The zero-order chi connectivity index (χ0) is 14.2. The van der Waals surface area contributed by atoms with E-state index in [2.05, 4.69) is 53.7 Å². The Morgan fingerprint density at radius 1 is 1.32 bits per heavy atom. The van der Waals surface area contributed by atoms with Crippen molar-refractivity contribution in [3.8, 4) is 10.7 Å². The van der Waals surface area contributed by atoms with Gasteiger partial charge in [-0.15, -0.1) is 11.3 Å². The monoisotopic (exact) mass is 407 g/mol. The van der Waals surface area contributed by atoms with Gasteiger partial charge in [0.2, 0.25) is 0 Å². The molecule has 2 rings (SSSR count). The fourth-order valence-electron chi connectivity index (χ4n) is 1.65. The number of anilines is 1. The summed E-state index contributed by atoms with van der Waals surface area (Å²) in [6.07, 6.45) is 0. The number of halogens is 2. The minimum Gasteiger partial charge on any atom is -0.372 e. The first-order valence-electron chi connectivity index (χ1n) is 5.83. The number of rotatable bonds is 2. The first-order chi connectivity index (χ1) is 8.82. The van der Waals surface area contributed by atoms with Crippen LogP contribution in [0.2, 0.25) is 5.02 Å². The molecule has 2 heterocycles. The van der Waals surface area contributed by atoms with E-state index < -0.39 is 0 Å². The molecule has 0 saturated carbocycles. The van der Waals surface area contributed by atoms with Gasteiger partial charge in [0.1, 0.15) is 5.82 Å². The van der Waals surface area contributed by atoms with Crippen LogP contribution in [0, 0.1) is 3.57 Å². The Bertz CT molecular complexity index is 604. The average molecular weight is 408 g/mol. The average Bonchev–Trinajstić information content (AvgIpc) is 2.74. The smallest absolute Gasteiger partial charge is 0.172 e. The van der Waals surface area contributed by atoms with Crippen molar-refractivity contribution in [3.63, 3.8) is 0 Å². The van der Waals surface area contributed by atoms with E-state index in [0.717, 1.165) is 30.8 Å². The second-order valence-corrected chi connectivity index (χ2v) is 7.61. The molecule has 0 aromatic carbocycles. The van der Waals surface area contributed by atoms with Crippen LogP contribution < -0.4 is 5.32 Å². The van der Waals surface area contributed by atoms with Gasteiger partial charge in [-0.3, -0.25) is 0 Å². The van der Waals surface area contributed by atoms with Crippen molar-refractivity contribution in [2.75, 3.05) is 12.4 Å². The first kappa shape index (κ1) is 15.0. The molecule has 0 spiro atoms. The van der Waals surface area contributed by atoms with Crippen LogP contribution in [0.5, 0.6) is 0 Å². The predicted molar refractivity (Wildman–Crippen MR) is 91.3 cm³/mol. The predicted octanol–water partition coefficient (Wildman–Crippen LogP) is 4.80. The maximum absolute atomic E-state index is 5.98. The molecule has 19 heavy (non-hydrogen) atoms. The first-order valence-corrected chi connectivity index (χ1v) is 8.16. The van der Waals surface area contributed by atoms with E-state index in [9.17, 15) is 0 Å². The minimum absolute atomic E-state index is 0.0269. The van der Waals surface area contributed by atoms with Crippen molar-refractivity contribution in [1.29, 1.82) is 0 Å². The van der Waals surface area contributed by atoms with E-state index in [1.807, 2.05) is 18.5 Å². The summed E-state index contributed by atoms with van der Waals surface area (Å²) in [7, 11) is 1.88. The van der Waals surface area contributed by atoms with E-state index in [1.165, 1.54) is 0 Å². The third kappa shape index (κ3) is 3.20. The SMILES string of the molecule is CNc1nc(-c2cc(Cl)cs2)nc(C(C)(C)C)c1I. The van der Waals surface area contributed by atoms with Gasteiger partial charge in [0.25, 0.3) is 0 Å². The van der Waals surface area contributed by atoms with Crippen molar-refractivity contribution in [1.82, 2.24) is 9.97 Å². The lowest BCUT2D eigenvalue weighted by molar-refractivity contribution is 0.564. The minimum atomic E-state index is -0.0269. The number of nitrogens with one attached hydrogen (secondary N) is 1. The maximum atomic E-state index is 5.98. The lowest BCUT2D eigenvalue weighted by Crippen LogP contribution is -2.18. The van der Waals surface area contributed by atoms with Gasteiger partial charge in [0.15, 0.2) is 5.82 Å². The van der Waals surface area contributed by atoms with E-state index >= 15 is 0 Å². The van der Waals surface area contributed by atoms with Crippen LogP contribution in [0.15, 0.2) is 11.4 Å². The van der Waals surface area contributed by atoms with E-state index in [0.29, 0.717) is 0 Å². The molecule has 0 saturated heterocycles. The molecular formula is C13H15ClIN3S. The molecule has 0 aliphatic rings. The Balaban J connectivity index is 2.64. The topological polar surface area (TPSA) is 37.8 Å². The Labute approximate surface area is 136 Å². The number of nitrogens with zero attached hydrogens (tertiary/aromatic N) is 2. The zero-order valence-electron chi connectivity index (χ0n) is 11.2. The third-order valence-corrected chi connectivity index (χ3v) is 4.88. The number of thiophene rings is 1. The normalized spacial score (nSPS) is 11.7. The van der Waals surface area contributed by atoms with Crippen LogP contribution in [0.4, 0.5) is 5.82 Å². The molecule has 0 unspecified atom stereocenters. The summed E-state index contributed by atoms with van der Waals surface area (Å²) in [5.41, 5.74) is 1.02. The molecular weight excluding hydrogens is 393 g/mol. The Kier molecular flexibility index (Phi) is 4.37. The third-order valence-electron chi connectivity index (χ3n) is 2.59. The highest BCUT2D eigenvalue weighted by molar-refractivity contribution is 14.1. The molecule has 0 atom stereocenters. The summed E-state index contributed by atoms with van der Waals surface area (Å²) in [5, 5.41) is 5.76. The van der Waals surface area contributed by atoms with Crippen molar-refractivity contribution in [2.24, 2.45) is 0 Å². The molecule has 0 bridgehead atoms. The van der Waals surface area contributed by atoms with Crippen LogP contribution in [-0.2, 0) is 5.41 Å². The van der Waals surface area contributed by atoms with Gasteiger partial charge in [-0.1, -0.05) is 32.4 Å². The summed E-state index contributed by atoms with van der Waals surface area (Å²) in [6, 6.07) is 1.90. The van der Waals surface area contributed by atoms with Crippen molar-refractivity contribution >= 4 is 51.3 Å². The lowest BCUT2D eigenvalue weighted by atomic mass is 9.92. The van der Waals surface area contributed by atoms with Gasteiger partial charge in [0, 0.05) is 17.8 Å². The summed E-state index contributed by atoms with van der Waals surface area (Å²) >= 11 is 9.84. The standard InChI is InChI=1S/C13H15ClIN3S/c1-13(2,3)10-9(15)12(16-4)18-11(17-10)8-5-7(14)6-19-8/h5-6H,1-4H3,(H,16,17,18). The maximum Gasteiger partial charge on any atom is 0.172 e. The highest BCUT2D eigenvalue weighted by atomic mass is 127. The summed E-state index contributed by atoms with van der Waals surface area (Å²) < 4.78 is 1.07. The van der Waals surface area contributed by atoms with Crippen molar-refractivity contribution in [3.05, 3.63) is 25.7 Å². The zero-order valence-corrected chi connectivity index (χ0v) is 14.9. The molecule has 102 valence electrons. The summed E-state index contributed by atoms with van der Waals surface area (Å²) in [6.45, 7) is 6.46. The van der Waals surface area contributed by atoms with Gasteiger partial charge >= 0.3 is 0 Å². The quantitative estimate of drug-likeness (QED) is 0.727. The Morgan fingerprint density at radius 2 is 2.00 bits per heavy atom. The highest BCUT2D eigenvalue weighted by Crippen LogP contribution is 2.33. The molecule has 6 heteroatoms. The van der Waals surface area contributed by atoms with E-state index in [-0.39, 0.29) is 5.41 Å². The van der Waals surface area contributed by atoms with Crippen molar-refractivity contribution in [2.45, 2.75) is 26.2 Å². The van der Waals surface area contributed by atoms with Crippen LogP contribution in [0.3, 0.4) is 0 Å². The molecule has 0 fully saturated rings. The van der Waals surface area contributed by atoms with E-state index in [1.54, 1.807) is 11.3 Å². The van der Waals surface area contributed by atoms with Gasteiger partial charge in [0.05, 0.1) is 19.2 Å². The van der Waals surface area contributed by atoms with E-state index in [4.69, 9.17) is 16.6 Å². The molecule has 2 aromatic heterocycles. The molecule has 3 nitrogen and oxygen atoms in total. The number of hydrogen-bond donors (Lipinski definition) is 1. The highest BCUT2D eigenvalue weighted by Gasteiger charge is 2.23. The van der Waals surface area contributed by atoms with Gasteiger partial charge in [-0.2, -0.15) is 0 Å². The number of hydrogen-bond acceptors (Lipinski definition) is 4. The Hall–Kier alpha value is -0.400. The largest absolute Gasteiger partial charge is 0.372 e. The summed E-state index contributed by atoms with van der Waals surface area (Å²) in [5.74, 6) is 1.59. The number of aromatic nitrogens is 2. The van der Waals surface area contributed by atoms with Crippen LogP contribution >= 0.6 is 45.5 Å². The Morgan fingerprint density at radius 3 is 2.47 bits per heavy atom. The molecule has 0 aliphatic heterocycles. The fourth-order valence-corrected chi connectivity index (χ4v) is 3.98. The van der Waals surface area contributed by atoms with Gasteiger partial charge < -0.3 is 5.32 Å². The van der Waals surface area contributed by atoms with Crippen LogP contribution in [0.25, 0.3) is 10.7 Å². The lowest BCUT2D eigenvalue weighted by Gasteiger charge is -2.21. The van der Waals surface area contributed by atoms with Crippen LogP contribution in [0.1, 0.15) is 26.5 Å². The van der Waals surface area contributed by atoms with Gasteiger partial charge in [-0.25, -0.2) is 9.97 Å². The fraction of sp³-hybridized carbons (Fsp3) is 0.385. The molecule has 1 N–H and O–H groups in total. The van der Waals surface area contributed by atoms with Crippen LogP contribution in [-0.4, -0.2) is 17.0 Å². The molecule has 0 amide bonds.